The summed E-state index contributed by atoms with van der Waals surface area (Å²) in [6, 6.07) is 17.4. The Balaban J connectivity index is 1.34. The monoisotopic (exact) mass is 419 g/mol. The Morgan fingerprint density at radius 3 is 2.55 bits per heavy atom. The molecule has 2 aromatic carbocycles. The van der Waals surface area contributed by atoms with Crippen LogP contribution in [0.2, 0.25) is 0 Å². The maximum Gasteiger partial charge on any atom is 0.262 e. The second kappa shape index (κ2) is 9.84. The third-order valence-electron chi connectivity index (χ3n) is 5.94. The molecule has 0 spiro atoms. The second-order valence-corrected chi connectivity index (χ2v) is 8.19. The number of nitrogens with one attached hydrogen (secondary N) is 1. The first-order chi connectivity index (χ1) is 15.1. The van der Waals surface area contributed by atoms with E-state index in [-0.39, 0.29) is 19.1 Å². The lowest BCUT2D eigenvalue weighted by Crippen LogP contribution is -2.20. The van der Waals surface area contributed by atoms with Crippen LogP contribution in [0.4, 0.5) is 5.69 Å². The number of benzene rings is 2. The average Bonchev–Trinajstić information content (AvgIpc) is 3.29. The van der Waals surface area contributed by atoms with Crippen LogP contribution in [0.1, 0.15) is 54.9 Å². The number of aliphatic hydroxyl groups excluding tert-OH is 1. The van der Waals surface area contributed by atoms with Crippen LogP contribution in [0.15, 0.2) is 59.0 Å². The van der Waals surface area contributed by atoms with Crippen molar-refractivity contribution >= 4 is 11.6 Å². The first kappa shape index (κ1) is 21.2. The van der Waals surface area contributed by atoms with Crippen LogP contribution in [0.25, 0.3) is 11.3 Å². The fourth-order valence-corrected chi connectivity index (χ4v) is 4.14. The van der Waals surface area contributed by atoms with Crippen LogP contribution in [0.3, 0.4) is 0 Å². The van der Waals surface area contributed by atoms with E-state index in [1.54, 1.807) is 6.07 Å². The first-order valence-corrected chi connectivity index (χ1v) is 11.0. The van der Waals surface area contributed by atoms with E-state index < -0.39 is 0 Å². The quantitative estimate of drug-likeness (QED) is 0.507. The van der Waals surface area contributed by atoms with Crippen molar-refractivity contribution < 1.29 is 19.1 Å². The van der Waals surface area contributed by atoms with Crippen LogP contribution in [0.5, 0.6) is 5.75 Å². The average molecular weight is 420 g/mol. The molecule has 0 unspecified atom stereocenters. The lowest BCUT2D eigenvalue weighted by Gasteiger charge is -2.22. The molecular formula is C26H29NO4. The molecule has 5 heteroatoms. The normalized spacial score (nSPS) is 14.4. The molecule has 0 saturated heterocycles. The Morgan fingerprint density at radius 1 is 1.06 bits per heavy atom. The molecule has 0 aliphatic heterocycles. The predicted octanol–water partition coefficient (Wildman–Crippen LogP) is 5.81. The number of anilines is 1. The summed E-state index contributed by atoms with van der Waals surface area (Å²) in [5.74, 6) is 2.29. The smallest absolute Gasteiger partial charge is 0.262 e. The van der Waals surface area contributed by atoms with Gasteiger partial charge in [0.15, 0.2) is 6.61 Å². The Morgan fingerprint density at radius 2 is 1.84 bits per heavy atom. The standard InChI is InChI=1S/C26H29NO4/c1-18-7-8-21(25-14-13-23(16-28)31-25)15-24(18)27-26(29)17-30-22-11-9-20(10-12-22)19-5-3-2-4-6-19/h7-15,19,28H,2-6,16-17H2,1H3,(H,27,29). The van der Waals surface area contributed by atoms with E-state index in [0.717, 1.165) is 11.1 Å². The molecule has 1 aromatic heterocycles. The summed E-state index contributed by atoms with van der Waals surface area (Å²) >= 11 is 0. The Labute approximate surface area is 183 Å². The molecule has 3 aromatic rings. The molecule has 2 N–H and O–H groups in total. The van der Waals surface area contributed by atoms with E-state index in [1.165, 1.54) is 37.7 Å². The number of amides is 1. The van der Waals surface area contributed by atoms with Gasteiger partial charge in [0, 0.05) is 11.3 Å². The summed E-state index contributed by atoms with van der Waals surface area (Å²) in [6.45, 7) is 1.74. The molecule has 4 rings (SSSR count). The molecule has 31 heavy (non-hydrogen) atoms. The molecule has 1 saturated carbocycles. The van der Waals surface area contributed by atoms with Crippen LogP contribution < -0.4 is 10.1 Å². The summed E-state index contributed by atoms with van der Waals surface area (Å²) in [5.41, 5.74) is 3.86. The Hall–Kier alpha value is -3.05. The van der Waals surface area contributed by atoms with E-state index in [1.807, 2.05) is 43.3 Å². The molecule has 162 valence electrons. The molecule has 1 fully saturated rings. The SMILES string of the molecule is Cc1ccc(-c2ccc(CO)o2)cc1NC(=O)COc1ccc(C2CCCCC2)cc1. The van der Waals surface area contributed by atoms with Crippen molar-refractivity contribution in [1.29, 1.82) is 0 Å². The summed E-state index contributed by atoms with van der Waals surface area (Å²) in [4.78, 5) is 12.5. The predicted molar refractivity (Wildman–Crippen MR) is 121 cm³/mol. The zero-order chi connectivity index (χ0) is 21.6. The number of aryl methyl sites for hydroxylation is 1. The number of ether oxygens (including phenoxy) is 1. The zero-order valence-electron chi connectivity index (χ0n) is 17.9. The summed E-state index contributed by atoms with van der Waals surface area (Å²) in [7, 11) is 0. The van der Waals surface area contributed by atoms with E-state index >= 15 is 0 Å². The highest BCUT2D eigenvalue weighted by Gasteiger charge is 2.15. The van der Waals surface area contributed by atoms with E-state index in [2.05, 4.69) is 17.4 Å². The zero-order valence-corrected chi connectivity index (χ0v) is 17.9. The molecule has 5 nitrogen and oxygen atoms in total. The van der Waals surface area contributed by atoms with Gasteiger partial charge in [0.2, 0.25) is 0 Å². The third-order valence-corrected chi connectivity index (χ3v) is 5.94. The van der Waals surface area contributed by atoms with Gasteiger partial charge >= 0.3 is 0 Å². The van der Waals surface area contributed by atoms with Crippen molar-refractivity contribution in [3.63, 3.8) is 0 Å². The summed E-state index contributed by atoms with van der Waals surface area (Å²) < 4.78 is 11.3. The van der Waals surface area contributed by atoms with Gasteiger partial charge in [0.25, 0.3) is 5.91 Å². The maximum absolute atomic E-state index is 12.5. The molecule has 1 amide bonds. The molecular weight excluding hydrogens is 390 g/mol. The molecule has 1 heterocycles. The minimum absolute atomic E-state index is 0.0537. The van der Waals surface area contributed by atoms with Gasteiger partial charge in [-0.1, -0.05) is 43.5 Å². The number of carbonyl (C=O) groups is 1. The van der Waals surface area contributed by atoms with Crippen molar-refractivity contribution in [2.24, 2.45) is 0 Å². The van der Waals surface area contributed by atoms with Gasteiger partial charge < -0.3 is 19.6 Å². The maximum atomic E-state index is 12.5. The molecule has 0 radical (unpaired) electrons. The fourth-order valence-electron chi connectivity index (χ4n) is 4.14. The Kier molecular flexibility index (Phi) is 6.73. The van der Waals surface area contributed by atoms with Crippen LogP contribution in [0, 0.1) is 6.92 Å². The minimum Gasteiger partial charge on any atom is -0.484 e. The second-order valence-electron chi connectivity index (χ2n) is 8.19. The van der Waals surface area contributed by atoms with Crippen molar-refractivity contribution in [3.05, 3.63) is 71.5 Å². The topological polar surface area (TPSA) is 71.7 Å². The largest absolute Gasteiger partial charge is 0.484 e. The molecule has 0 atom stereocenters. The minimum atomic E-state index is -0.216. The van der Waals surface area contributed by atoms with Gasteiger partial charge in [-0.25, -0.2) is 0 Å². The van der Waals surface area contributed by atoms with E-state index in [9.17, 15) is 9.90 Å². The highest BCUT2D eigenvalue weighted by atomic mass is 16.5. The van der Waals surface area contributed by atoms with Gasteiger partial charge in [-0.15, -0.1) is 0 Å². The number of furan rings is 1. The number of carbonyl (C=O) groups excluding carboxylic acids is 1. The van der Waals surface area contributed by atoms with Crippen molar-refractivity contribution in [2.45, 2.75) is 51.6 Å². The first-order valence-electron chi connectivity index (χ1n) is 11.0. The van der Waals surface area contributed by atoms with Crippen LogP contribution >= 0.6 is 0 Å². The van der Waals surface area contributed by atoms with Crippen molar-refractivity contribution in [1.82, 2.24) is 0 Å². The highest BCUT2D eigenvalue weighted by Crippen LogP contribution is 2.33. The number of hydrogen-bond donors (Lipinski definition) is 2. The molecule has 0 bridgehead atoms. The Bertz CT molecular complexity index is 1020. The number of hydrogen-bond acceptors (Lipinski definition) is 4. The van der Waals surface area contributed by atoms with Crippen molar-refractivity contribution in [2.75, 3.05) is 11.9 Å². The fraction of sp³-hybridized carbons (Fsp3) is 0.346. The van der Waals surface area contributed by atoms with Gasteiger partial charge in [-0.2, -0.15) is 0 Å². The lowest BCUT2D eigenvalue weighted by atomic mass is 9.84. The van der Waals surface area contributed by atoms with E-state index in [0.29, 0.717) is 28.9 Å². The van der Waals surface area contributed by atoms with Gasteiger partial charge in [-0.3, -0.25) is 4.79 Å². The van der Waals surface area contributed by atoms with Crippen LogP contribution in [-0.2, 0) is 11.4 Å². The van der Waals surface area contributed by atoms with Gasteiger partial charge in [-0.05, 0) is 67.1 Å². The third kappa shape index (κ3) is 5.36. The highest BCUT2D eigenvalue weighted by molar-refractivity contribution is 5.93. The summed E-state index contributed by atoms with van der Waals surface area (Å²) in [6.07, 6.45) is 6.50. The van der Waals surface area contributed by atoms with Crippen LogP contribution in [-0.4, -0.2) is 17.6 Å². The summed E-state index contributed by atoms with van der Waals surface area (Å²) in [5, 5.41) is 12.1. The number of rotatable bonds is 7. The lowest BCUT2D eigenvalue weighted by molar-refractivity contribution is -0.118. The van der Waals surface area contributed by atoms with Gasteiger partial charge in [0.05, 0.1) is 0 Å². The molecule has 1 aliphatic carbocycles. The van der Waals surface area contributed by atoms with Crippen molar-refractivity contribution in [3.8, 4) is 17.1 Å². The van der Waals surface area contributed by atoms with Gasteiger partial charge in [0.1, 0.15) is 23.9 Å². The van der Waals surface area contributed by atoms with E-state index in [4.69, 9.17) is 9.15 Å². The number of aliphatic hydroxyl groups is 1. The molecule has 1 aliphatic rings.